The standard InChI is InChI=1S/C14H24N4O3/c1-5-18-10-9-16-11(12(18)19)15-7-6-8-17-13(20)21-14(2,3)4/h9-10H,5-8H2,1-4H3,(H,15,16)(H,17,20). The molecular weight excluding hydrogens is 272 g/mol. The van der Waals surface area contributed by atoms with Gasteiger partial charge in [-0.05, 0) is 34.1 Å². The van der Waals surface area contributed by atoms with Crippen molar-refractivity contribution in [2.24, 2.45) is 0 Å². The van der Waals surface area contributed by atoms with E-state index in [4.69, 9.17) is 4.74 Å². The molecule has 1 aromatic rings. The minimum absolute atomic E-state index is 0.139. The monoisotopic (exact) mass is 296 g/mol. The van der Waals surface area contributed by atoms with Crippen LogP contribution in [0.5, 0.6) is 0 Å². The molecule has 118 valence electrons. The predicted molar refractivity (Wildman–Crippen MR) is 81.5 cm³/mol. The average molecular weight is 296 g/mol. The van der Waals surface area contributed by atoms with Crippen LogP contribution in [0.1, 0.15) is 34.1 Å². The number of rotatable bonds is 6. The number of amides is 1. The van der Waals surface area contributed by atoms with Gasteiger partial charge in [0.25, 0.3) is 5.56 Å². The zero-order valence-electron chi connectivity index (χ0n) is 13.1. The number of hydrogen-bond acceptors (Lipinski definition) is 5. The van der Waals surface area contributed by atoms with Crippen molar-refractivity contribution in [1.82, 2.24) is 14.9 Å². The fourth-order valence-corrected chi connectivity index (χ4v) is 1.62. The van der Waals surface area contributed by atoms with E-state index in [1.807, 2.05) is 27.7 Å². The molecule has 0 saturated heterocycles. The lowest BCUT2D eigenvalue weighted by molar-refractivity contribution is 0.0528. The first-order valence-electron chi connectivity index (χ1n) is 7.09. The van der Waals surface area contributed by atoms with Crippen molar-refractivity contribution in [3.05, 3.63) is 22.7 Å². The Morgan fingerprint density at radius 1 is 1.38 bits per heavy atom. The highest BCUT2D eigenvalue weighted by atomic mass is 16.6. The quantitative estimate of drug-likeness (QED) is 0.779. The lowest BCUT2D eigenvalue weighted by atomic mass is 10.2. The van der Waals surface area contributed by atoms with E-state index in [-0.39, 0.29) is 5.56 Å². The van der Waals surface area contributed by atoms with Crippen molar-refractivity contribution < 1.29 is 9.53 Å². The fraction of sp³-hybridized carbons (Fsp3) is 0.643. The molecule has 0 atom stereocenters. The van der Waals surface area contributed by atoms with Crippen LogP contribution in [0.25, 0.3) is 0 Å². The van der Waals surface area contributed by atoms with Crippen molar-refractivity contribution in [1.29, 1.82) is 0 Å². The second-order valence-electron chi connectivity index (χ2n) is 5.58. The Bertz CT molecular complexity index is 520. The van der Waals surface area contributed by atoms with Gasteiger partial charge in [0.15, 0.2) is 5.82 Å². The van der Waals surface area contributed by atoms with Gasteiger partial charge in [-0.3, -0.25) is 4.79 Å². The molecule has 0 bridgehead atoms. The van der Waals surface area contributed by atoms with Gasteiger partial charge >= 0.3 is 6.09 Å². The number of aryl methyl sites for hydroxylation is 1. The van der Waals surface area contributed by atoms with E-state index in [0.717, 1.165) is 0 Å². The van der Waals surface area contributed by atoms with Gasteiger partial charge in [0.1, 0.15) is 5.60 Å². The highest BCUT2D eigenvalue weighted by Crippen LogP contribution is 2.06. The first kappa shape index (κ1) is 17.0. The number of aromatic nitrogens is 2. The number of carbonyl (C=O) groups excluding carboxylic acids is 1. The molecule has 0 aliphatic heterocycles. The second kappa shape index (κ2) is 7.66. The first-order chi connectivity index (χ1) is 9.83. The Labute approximate surface area is 124 Å². The summed E-state index contributed by atoms with van der Waals surface area (Å²) in [7, 11) is 0. The SMILES string of the molecule is CCn1ccnc(NCCCNC(=O)OC(C)(C)C)c1=O. The summed E-state index contributed by atoms with van der Waals surface area (Å²) >= 11 is 0. The fourth-order valence-electron chi connectivity index (χ4n) is 1.62. The van der Waals surface area contributed by atoms with E-state index in [0.29, 0.717) is 31.9 Å². The second-order valence-corrected chi connectivity index (χ2v) is 5.58. The lowest BCUT2D eigenvalue weighted by Crippen LogP contribution is -2.33. The zero-order chi connectivity index (χ0) is 15.9. The summed E-state index contributed by atoms with van der Waals surface area (Å²) in [4.78, 5) is 27.3. The highest BCUT2D eigenvalue weighted by Gasteiger charge is 2.15. The smallest absolute Gasteiger partial charge is 0.407 e. The molecule has 1 rings (SSSR count). The molecule has 1 aromatic heterocycles. The van der Waals surface area contributed by atoms with Crippen LogP contribution in [0.15, 0.2) is 17.2 Å². The van der Waals surface area contributed by atoms with E-state index in [9.17, 15) is 9.59 Å². The number of ether oxygens (including phenoxy) is 1. The average Bonchev–Trinajstić information content (AvgIpc) is 2.38. The molecule has 1 heterocycles. The number of alkyl carbamates (subject to hydrolysis) is 1. The van der Waals surface area contributed by atoms with Crippen LogP contribution < -0.4 is 16.2 Å². The van der Waals surface area contributed by atoms with E-state index < -0.39 is 11.7 Å². The third kappa shape index (κ3) is 6.29. The van der Waals surface area contributed by atoms with Crippen molar-refractivity contribution >= 4 is 11.9 Å². The van der Waals surface area contributed by atoms with Gasteiger partial charge in [-0.25, -0.2) is 9.78 Å². The molecule has 2 N–H and O–H groups in total. The normalized spacial score (nSPS) is 11.0. The minimum atomic E-state index is -0.498. The number of carbonyl (C=O) groups is 1. The van der Waals surface area contributed by atoms with Gasteiger partial charge in [0.05, 0.1) is 0 Å². The molecule has 21 heavy (non-hydrogen) atoms. The Hall–Kier alpha value is -2.05. The van der Waals surface area contributed by atoms with Crippen LogP contribution in [-0.2, 0) is 11.3 Å². The van der Waals surface area contributed by atoms with Crippen LogP contribution in [0.4, 0.5) is 10.6 Å². The summed E-state index contributed by atoms with van der Waals surface area (Å²) in [5.41, 5.74) is -0.637. The Morgan fingerprint density at radius 3 is 2.71 bits per heavy atom. The third-order valence-electron chi connectivity index (χ3n) is 2.57. The Morgan fingerprint density at radius 2 is 2.10 bits per heavy atom. The highest BCUT2D eigenvalue weighted by molar-refractivity contribution is 5.67. The molecule has 0 aromatic carbocycles. The van der Waals surface area contributed by atoms with Gasteiger partial charge in [0.2, 0.25) is 0 Å². The molecule has 0 aliphatic carbocycles. The first-order valence-corrected chi connectivity index (χ1v) is 7.09. The zero-order valence-corrected chi connectivity index (χ0v) is 13.1. The predicted octanol–water partition coefficient (Wildman–Crippen LogP) is 1.59. The Kier molecular flexibility index (Phi) is 6.20. The maximum Gasteiger partial charge on any atom is 0.407 e. The minimum Gasteiger partial charge on any atom is -0.444 e. The maximum absolute atomic E-state index is 11.9. The summed E-state index contributed by atoms with van der Waals surface area (Å²) in [6.45, 7) is 8.96. The largest absolute Gasteiger partial charge is 0.444 e. The molecule has 0 saturated carbocycles. The number of hydrogen-bond donors (Lipinski definition) is 2. The van der Waals surface area contributed by atoms with Gasteiger partial charge in [-0.15, -0.1) is 0 Å². The summed E-state index contributed by atoms with van der Waals surface area (Å²) in [5, 5.41) is 5.63. The molecule has 7 heteroatoms. The molecule has 0 radical (unpaired) electrons. The van der Waals surface area contributed by atoms with Crippen molar-refractivity contribution in [3.8, 4) is 0 Å². The molecule has 1 amide bonds. The van der Waals surface area contributed by atoms with Crippen LogP contribution in [-0.4, -0.2) is 34.3 Å². The molecule has 7 nitrogen and oxygen atoms in total. The maximum atomic E-state index is 11.9. The molecule has 0 aliphatic rings. The van der Waals surface area contributed by atoms with E-state index in [1.165, 1.54) is 0 Å². The van der Waals surface area contributed by atoms with Crippen LogP contribution in [0.3, 0.4) is 0 Å². The van der Waals surface area contributed by atoms with Crippen molar-refractivity contribution in [2.45, 2.75) is 46.3 Å². The van der Waals surface area contributed by atoms with Crippen LogP contribution >= 0.6 is 0 Å². The Balaban J connectivity index is 2.29. The van der Waals surface area contributed by atoms with E-state index in [2.05, 4.69) is 15.6 Å². The van der Waals surface area contributed by atoms with Gasteiger partial charge < -0.3 is 19.9 Å². The van der Waals surface area contributed by atoms with Crippen molar-refractivity contribution in [2.75, 3.05) is 18.4 Å². The molecule has 0 fully saturated rings. The van der Waals surface area contributed by atoms with Crippen LogP contribution in [0.2, 0.25) is 0 Å². The summed E-state index contributed by atoms with van der Waals surface area (Å²) in [6.07, 6.45) is 3.47. The number of anilines is 1. The van der Waals surface area contributed by atoms with Crippen molar-refractivity contribution in [3.63, 3.8) is 0 Å². The number of nitrogens with one attached hydrogen (secondary N) is 2. The van der Waals surface area contributed by atoms with E-state index in [1.54, 1.807) is 17.0 Å². The summed E-state index contributed by atoms with van der Waals surface area (Å²) in [6, 6.07) is 0. The lowest BCUT2D eigenvalue weighted by Gasteiger charge is -2.19. The molecular formula is C14H24N4O3. The van der Waals surface area contributed by atoms with Gasteiger partial charge in [0, 0.05) is 32.0 Å². The van der Waals surface area contributed by atoms with E-state index >= 15 is 0 Å². The summed E-state index contributed by atoms with van der Waals surface area (Å²) < 4.78 is 6.69. The van der Waals surface area contributed by atoms with Gasteiger partial charge in [-0.1, -0.05) is 0 Å². The van der Waals surface area contributed by atoms with Gasteiger partial charge in [-0.2, -0.15) is 0 Å². The number of nitrogens with zero attached hydrogens (tertiary/aromatic N) is 2. The third-order valence-corrected chi connectivity index (χ3v) is 2.57. The topological polar surface area (TPSA) is 85.2 Å². The molecule has 0 spiro atoms. The van der Waals surface area contributed by atoms with Crippen LogP contribution in [0, 0.1) is 0 Å². The summed E-state index contributed by atoms with van der Waals surface area (Å²) in [5.74, 6) is 0.330. The molecule has 0 unspecified atom stereocenters.